The second-order valence-corrected chi connectivity index (χ2v) is 5.03. The van der Waals surface area contributed by atoms with Crippen LogP contribution in [0.1, 0.15) is 19.8 Å². The van der Waals surface area contributed by atoms with Gasteiger partial charge in [-0.3, -0.25) is 9.69 Å². The van der Waals surface area contributed by atoms with Crippen molar-refractivity contribution < 1.29 is 9.18 Å². The number of benzene rings is 1. The van der Waals surface area contributed by atoms with Crippen LogP contribution in [-0.2, 0) is 4.79 Å². The van der Waals surface area contributed by atoms with E-state index >= 15 is 0 Å². The Hall–Kier alpha value is -1.42. The number of Topliss-reactive ketones (excluding diaryl/α,β-unsaturated/α-hetero) is 1. The van der Waals surface area contributed by atoms with Crippen LogP contribution in [0.25, 0.3) is 0 Å². The van der Waals surface area contributed by atoms with Crippen LogP contribution in [0.5, 0.6) is 0 Å². The fourth-order valence-electron chi connectivity index (χ4n) is 2.42. The number of nitrogens with zero attached hydrogens (tertiary/aromatic N) is 2. The molecule has 19 heavy (non-hydrogen) atoms. The van der Waals surface area contributed by atoms with Crippen LogP contribution < -0.4 is 4.90 Å². The van der Waals surface area contributed by atoms with Crippen LogP contribution in [0.2, 0.25) is 0 Å². The van der Waals surface area contributed by atoms with E-state index in [4.69, 9.17) is 0 Å². The van der Waals surface area contributed by atoms with Gasteiger partial charge in [0.05, 0.1) is 6.54 Å². The second-order valence-electron chi connectivity index (χ2n) is 5.03. The van der Waals surface area contributed by atoms with Crippen molar-refractivity contribution in [1.82, 2.24) is 4.90 Å². The summed E-state index contributed by atoms with van der Waals surface area (Å²) in [5.41, 5.74) is 1.06. The lowest BCUT2D eigenvalue weighted by Gasteiger charge is -2.35. The molecule has 4 heteroatoms. The summed E-state index contributed by atoms with van der Waals surface area (Å²) in [6.07, 6.45) is 1.60. The molecule has 0 aliphatic carbocycles. The third-order valence-electron chi connectivity index (χ3n) is 3.49. The number of carbonyl (C=O) groups is 1. The topological polar surface area (TPSA) is 23.6 Å². The lowest BCUT2D eigenvalue weighted by Crippen LogP contribution is -2.47. The van der Waals surface area contributed by atoms with E-state index < -0.39 is 0 Å². The molecule has 0 aromatic heterocycles. The number of piperazine rings is 1. The van der Waals surface area contributed by atoms with E-state index in [0.717, 1.165) is 38.3 Å². The molecule has 1 aromatic rings. The van der Waals surface area contributed by atoms with Crippen molar-refractivity contribution >= 4 is 11.5 Å². The first kappa shape index (κ1) is 14.0. The molecule has 104 valence electrons. The van der Waals surface area contributed by atoms with Gasteiger partial charge >= 0.3 is 0 Å². The average Bonchev–Trinajstić information content (AvgIpc) is 2.41. The second kappa shape index (κ2) is 6.66. The monoisotopic (exact) mass is 264 g/mol. The molecule has 0 N–H and O–H groups in total. The first-order valence-electron chi connectivity index (χ1n) is 6.93. The highest BCUT2D eigenvalue weighted by molar-refractivity contribution is 5.80. The molecule has 1 fully saturated rings. The van der Waals surface area contributed by atoms with Gasteiger partial charge in [-0.25, -0.2) is 4.39 Å². The van der Waals surface area contributed by atoms with Gasteiger partial charge in [0.15, 0.2) is 0 Å². The third kappa shape index (κ3) is 4.03. The molecule has 0 bridgehead atoms. The Morgan fingerprint density at radius 3 is 2.37 bits per heavy atom. The molecule has 1 saturated heterocycles. The van der Waals surface area contributed by atoms with Crippen molar-refractivity contribution in [2.24, 2.45) is 0 Å². The SMILES string of the molecule is CCCC(=O)CN1CCN(c2ccc(F)cc2)CC1. The van der Waals surface area contributed by atoms with Gasteiger partial charge in [-0.05, 0) is 30.7 Å². The molecule has 1 aliphatic heterocycles. The number of rotatable bonds is 5. The van der Waals surface area contributed by atoms with Crippen molar-refractivity contribution in [3.8, 4) is 0 Å². The van der Waals surface area contributed by atoms with E-state index in [1.54, 1.807) is 0 Å². The number of hydrogen-bond acceptors (Lipinski definition) is 3. The number of halogens is 1. The minimum absolute atomic E-state index is 0.201. The van der Waals surface area contributed by atoms with E-state index in [0.29, 0.717) is 18.7 Å². The highest BCUT2D eigenvalue weighted by Crippen LogP contribution is 2.16. The van der Waals surface area contributed by atoms with E-state index in [2.05, 4.69) is 9.80 Å². The van der Waals surface area contributed by atoms with Gasteiger partial charge in [0, 0.05) is 38.3 Å². The lowest BCUT2D eigenvalue weighted by molar-refractivity contribution is -0.120. The molecule has 0 spiro atoms. The Morgan fingerprint density at radius 2 is 1.79 bits per heavy atom. The molecule has 3 nitrogen and oxygen atoms in total. The average molecular weight is 264 g/mol. The summed E-state index contributed by atoms with van der Waals surface area (Å²) in [5, 5.41) is 0. The molecule has 1 aromatic carbocycles. The predicted octanol–water partition coefficient (Wildman–Crippen LogP) is 2.32. The number of hydrogen-bond donors (Lipinski definition) is 0. The highest BCUT2D eigenvalue weighted by Gasteiger charge is 2.18. The summed E-state index contributed by atoms with van der Waals surface area (Å²) >= 11 is 0. The maximum absolute atomic E-state index is 12.9. The summed E-state index contributed by atoms with van der Waals surface area (Å²) in [6, 6.07) is 6.61. The van der Waals surface area contributed by atoms with Gasteiger partial charge in [-0.1, -0.05) is 6.92 Å². The van der Waals surface area contributed by atoms with Crippen molar-refractivity contribution in [1.29, 1.82) is 0 Å². The smallest absolute Gasteiger partial charge is 0.146 e. The molecule has 2 rings (SSSR count). The standard InChI is InChI=1S/C15H21FN2O/c1-2-3-15(19)12-17-8-10-18(11-9-17)14-6-4-13(16)5-7-14/h4-7H,2-3,8-12H2,1H3. The molecule has 0 radical (unpaired) electrons. The zero-order chi connectivity index (χ0) is 13.7. The van der Waals surface area contributed by atoms with E-state index in [1.807, 2.05) is 19.1 Å². The summed E-state index contributed by atoms with van der Waals surface area (Å²) < 4.78 is 12.9. The zero-order valence-electron chi connectivity index (χ0n) is 11.4. The summed E-state index contributed by atoms with van der Waals surface area (Å²) in [5.74, 6) is 0.130. The van der Waals surface area contributed by atoms with Gasteiger partial charge in [-0.15, -0.1) is 0 Å². The highest BCUT2D eigenvalue weighted by atomic mass is 19.1. The summed E-state index contributed by atoms with van der Waals surface area (Å²) in [4.78, 5) is 16.0. The van der Waals surface area contributed by atoms with Crippen LogP contribution in [0.3, 0.4) is 0 Å². The molecular weight excluding hydrogens is 243 g/mol. The van der Waals surface area contributed by atoms with Gasteiger partial charge < -0.3 is 4.90 Å². The molecule has 0 atom stereocenters. The Labute approximate surface area is 114 Å². The molecule has 0 unspecified atom stereocenters. The number of ketones is 1. The van der Waals surface area contributed by atoms with Crippen LogP contribution in [0, 0.1) is 5.82 Å². The lowest BCUT2D eigenvalue weighted by atomic mass is 10.2. The van der Waals surface area contributed by atoms with Crippen LogP contribution in [0.15, 0.2) is 24.3 Å². The van der Waals surface area contributed by atoms with E-state index in [-0.39, 0.29) is 5.82 Å². The van der Waals surface area contributed by atoms with Gasteiger partial charge in [0.1, 0.15) is 11.6 Å². The largest absolute Gasteiger partial charge is 0.369 e. The first-order chi connectivity index (χ1) is 9.19. The number of anilines is 1. The Morgan fingerprint density at radius 1 is 1.16 bits per heavy atom. The van der Waals surface area contributed by atoms with Crippen molar-refractivity contribution in [3.05, 3.63) is 30.1 Å². The molecule has 1 heterocycles. The van der Waals surface area contributed by atoms with Gasteiger partial charge in [0.2, 0.25) is 0 Å². The summed E-state index contributed by atoms with van der Waals surface area (Å²) in [7, 11) is 0. The fourth-order valence-corrected chi connectivity index (χ4v) is 2.42. The van der Waals surface area contributed by atoms with Gasteiger partial charge in [-0.2, -0.15) is 0 Å². The summed E-state index contributed by atoms with van der Waals surface area (Å²) in [6.45, 7) is 6.19. The Bertz CT molecular complexity index is 411. The zero-order valence-corrected chi connectivity index (χ0v) is 11.4. The third-order valence-corrected chi connectivity index (χ3v) is 3.49. The Balaban J connectivity index is 1.82. The molecule has 1 aliphatic rings. The van der Waals surface area contributed by atoms with Gasteiger partial charge in [0.25, 0.3) is 0 Å². The van der Waals surface area contributed by atoms with Crippen LogP contribution in [0.4, 0.5) is 10.1 Å². The fraction of sp³-hybridized carbons (Fsp3) is 0.533. The maximum atomic E-state index is 12.9. The molecular formula is C15H21FN2O. The maximum Gasteiger partial charge on any atom is 0.146 e. The van der Waals surface area contributed by atoms with Crippen molar-refractivity contribution in [2.75, 3.05) is 37.6 Å². The predicted molar refractivity (Wildman–Crippen MR) is 75.0 cm³/mol. The Kier molecular flexibility index (Phi) is 4.91. The first-order valence-corrected chi connectivity index (χ1v) is 6.93. The minimum atomic E-state index is -0.201. The van der Waals surface area contributed by atoms with E-state index in [1.165, 1.54) is 12.1 Å². The van der Waals surface area contributed by atoms with E-state index in [9.17, 15) is 9.18 Å². The van der Waals surface area contributed by atoms with Crippen LogP contribution >= 0.6 is 0 Å². The molecule has 0 saturated carbocycles. The van der Waals surface area contributed by atoms with Crippen molar-refractivity contribution in [2.45, 2.75) is 19.8 Å². The minimum Gasteiger partial charge on any atom is -0.369 e. The number of carbonyl (C=O) groups excluding carboxylic acids is 1. The van der Waals surface area contributed by atoms with Crippen LogP contribution in [-0.4, -0.2) is 43.4 Å². The quantitative estimate of drug-likeness (QED) is 0.815. The molecule has 0 amide bonds. The normalized spacial score (nSPS) is 16.6. The van der Waals surface area contributed by atoms with Crippen molar-refractivity contribution in [3.63, 3.8) is 0 Å².